The summed E-state index contributed by atoms with van der Waals surface area (Å²) < 4.78 is 12.0. The van der Waals surface area contributed by atoms with Crippen LogP contribution in [-0.4, -0.2) is 26.3 Å². The standard InChI is InChI=1S/C18H21IN2O3/c1-3-24-16-9-4-13(12-17(16)23-2)10-11-20-18(22)21-15-7-5-14(19)6-8-15/h4-9,12H,3,10-11H2,1-2H3,(H2,20,21,22). The minimum absolute atomic E-state index is 0.214. The van der Waals surface area contributed by atoms with Crippen molar-refractivity contribution in [2.75, 3.05) is 25.6 Å². The molecule has 5 nitrogen and oxygen atoms in total. The maximum atomic E-state index is 11.9. The lowest BCUT2D eigenvalue weighted by Gasteiger charge is -2.11. The molecular formula is C18H21IN2O3. The molecule has 0 saturated heterocycles. The van der Waals surface area contributed by atoms with E-state index in [0.29, 0.717) is 25.3 Å². The van der Waals surface area contributed by atoms with Gasteiger partial charge < -0.3 is 20.1 Å². The average molecular weight is 440 g/mol. The number of benzene rings is 2. The molecule has 2 aromatic rings. The maximum Gasteiger partial charge on any atom is 0.319 e. The molecule has 0 aliphatic rings. The van der Waals surface area contributed by atoms with Crippen LogP contribution in [0.1, 0.15) is 12.5 Å². The number of hydrogen-bond acceptors (Lipinski definition) is 3. The number of nitrogens with one attached hydrogen (secondary N) is 2. The molecule has 2 N–H and O–H groups in total. The van der Waals surface area contributed by atoms with Gasteiger partial charge in [0.15, 0.2) is 11.5 Å². The molecule has 0 saturated carbocycles. The van der Waals surface area contributed by atoms with Crippen molar-refractivity contribution in [3.63, 3.8) is 0 Å². The molecule has 0 bridgehead atoms. The number of urea groups is 1. The normalized spacial score (nSPS) is 10.1. The second kappa shape index (κ2) is 9.36. The number of amides is 2. The van der Waals surface area contributed by atoms with Crippen LogP contribution in [0.5, 0.6) is 11.5 Å². The van der Waals surface area contributed by atoms with Gasteiger partial charge in [-0.2, -0.15) is 0 Å². The van der Waals surface area contributed by atoms with Crippen molar-refractivity contribution in [1.29, 1.82) is 0 Å². The predicted molar refractivity (Wildman–Crippen MR) is 104 cm³/mol. The van der Waals surface area contributed by atoms with Gasteiger partial charge in [-0.1, -0.05) is 6.07 Å². The summed E-state index contributed by atoms with van der Waals surface area (Å²) >= 11 is 2.22. The van der Waals surface area contributed by atoms with Crippen molar-refractivity contribution >= 4 is 34.3 Å². The first-order chi connectivity index (χ1) is 11.6. The van der Waals surface area contributed by atoms with E-state index in [4.69, 9.17) is 9.47 Å². The van der Waals surface area contributed by atoms with E-state index in [1.807, 2.05) is 49.4 Å². The molecule has 0 unspecified atom stereocenters. The molecule has 2 aromatic carbocycles. The lowest BCUT2D eigenvalue weighted by Crippen LogP contribution is -2.30. The van der Waals surface area contributed by atoms with Gasteiger partial charge in [0.25, 0.3) is 0 Å². The number of anilines is 1. The molecule has 2 amide bonds. The van der Waals surface area contributed by atoms with Gasteiger partial charge in [0.2, 0.25) is 0 Å². The van der Waals surface area contributed by atoms with Crippen molar-refractivity contribution in [3.05, 3.63) is 51.6 Å². The number of halogens is 1. The van der Waals surface area contributed by atoms with Crippen LogP contribution in [0.2, 0.25) is 0 Å². The highest BCUT2D eigenvalue weighted by molar-refractivity contribution is 14.1. The SMILES string of the molecule is CCOc1ccc(CCNC(=O)Nc2ccc(I)cc2)cc1OC. The van der Waals surface area contributed by atoms with Crippen LogP contribution in [-0.2, 0) is 6.42 Å². The zero-order valence-corrected chi connectivity index (χ0v) is 15.9. The third-order valence-corrected chi connectivity index (χ3v) is 4.05. The van der Waals surface area contributed by atoms with Gasteiger partial charge in [0, 0.05) is 15.8 Å². The molecule has 0 atom stereocenters. The zero-order chi connectivity index (χ0) is 17.4. The summed E-state index contributed by atoms with van der Waals surface area (Å²) in [6.45, 7) is 3.06. The Labute approximate surface area is 155 Å². The third-order valence-electron chi connectivity index (χ3n) is 3.33. The molecule has 0 fully saturated rings. The molecule has 24 heavy (non-hydrogen) atoms. The maximum absolute atomic E-state index is 11.9. The number of carbonyl (C=O) groups excluding carboxylic acids is 1. The van der Waals surface area contributed by atoms with Crippen LogP contribution < -0.4 is 20.1 Å². The minimum Gasteiger partial charge on any atom is -0.493 e. The van der Waals surface area contributed by atoms with E-state index in [1.54, 1.807) is 7.11 Å². The monoisotopic (exact) mass is 440 g/mol. The fourth-order valence-corrected chi connectivity index (χ4v) is 2.53. The van der Waals surface area contributed by atoms with Gasteiger partial charge in [-0.15, -0.1) is 0 Å². The topological polar surface area (TPSA) is 59.6 Å². The molecule has 6 heteroatoms. The van der Waals surface area contributed by atoms with Gasteiger partial charge in [0.1, 0.15) is 0 Å². The van der Waals surface area contributed by atoms with Crippen LogP contribution in [0.25, 0.3) is 0 Å². The van der Waals surface area contributed by atoms with Crippen LogP contribution in [0.4, 0.5) is 10.5 Å². The summed E-state index contributed by atoms with van der Waals surface area (Å²) in [6, 6.07) is 13.2. The molecule has 0 aromatic heterocycles. The lowest BCUT2D eigenvalue weighted by atomic mass is 10.1. The van der Waals surface area contributed by atoms with Crippen molar-refractivity contribution < 1.29 is 14.3 Å². The Hall–Kier alpha value is -1.96. The van der Waals surface area contributed by atoms with Gasteiger partial charge in [-0.25, -0.2) is 4.79 Å². The summed E-state index contributed by atoms with van der Waals surface area (Å²) in [7, 11) is 1.62. The quantitative estimate of drug-likeness (QED) is 0.639. The number of rotatable bonds is 7. The summed E-state index contributed by atoms with van der Waals surface area (Å²) in [5.41, 5.74) is 1.85. The Kier molecular flexibility index (Phi) is 7.17. The largest absolute Gasteiger partial charge is 0.493 e. The number of carbonyl (C=O) groups is 1. The van der Waals surface area contributed by atoms with Gasteiger partial charge in [-0.3, -0.25) is 0 Å². The van der Waals surface area contributed by atoms with Gasteiger partial charge in [0.05, 0.1) is 13.7 Å². The summed E-state index contributed by atoms with van der Waals surface area (Å²) in [5.74, 6) is 1.44. The smallest absolute Gasteiger partial charge is 0.319 e. The fourth-order valence-electron chi connectivity index (χ4n) is 2.17. The molecule has 2 rings (SSSR count). The van der Waals surface area contributed by atoms with Crippen LogP contribution in [0.3, 0.4) is 0 Å². The first kappa shape index (κ1) is 18.4. The minimum atomic E-state index is -0.214. The molecule has 0 heterocycles. The lowest BCUT2D eigenvalue weighted by molar-refractivity contribution is 0.252. The predicted octanol–water partition coefficient (Wildman–Crippen LogP) is 4.06. The first-order valence-electron chi connectivity index (χ1n) is 7.72. The Morgan fingerprint density at radius 3 is 2.54 bits per heavy atom. The van der Waals surface area contributed by atoms with Crippen molar-refractivity contribution in [3.8, 4) is 11.5 Å². The van der Waals surface area contributed by atoms with E-state index >= 15 is 0 Å². The van der Waals surface area contributed by atoms with E-state index in [-0.39, 0.29) is 6.03 Å². The molecule has 0 aliphatic carbocycles. The van der Waals surface area contributed by atoms with E-state index in [0.717, 1.165) is 20.6 Å². The second-order valence-corrected chi connectivity index (χ2v) is 6.30. The van der Waals surface area contributed by atoms with E-state index in [9.17, 15) is 4.79 Å². The highest BCUT2D eigenvalue weighted by Gasteiger charge is 2.06. The second-order valence-electron chi connectivity index (χ2n) is 5.06. The number of methoxy groups -OCH3 is 1. The first-order valence-corrected chi connectivity index (χ1v) is 8.80. The molecule has 0 radical (unpaired) electrons. The highest BCUT2D eigenvalue weighted by atomic mass is 127. The van der Waals surface area contributed by atoms with E-state index in [1.165, 1.54) is 0 Å². The van der Waals surface area contributed by atoms with Crippen LogP contribution in [0, 0.1) is 3.57 Å². The van der Waals surface area contributed by atoms with Crippen LogP contribution >= 0.6 is 22.6 Å². The van der Waals surface area contributed by atoms with Gasteiger partial charge in [-0.05, 0) is 77.9 Å². The van der Waals surface area contributed by atoms with Gasteiger partial charge >= 0.3 is 6.03 Å². The number of ether oxygens (including phenoxy) is 2. The van der Waals surface area contributed by atoms with Crippen molar-refractivity contribution in [1.82, 2.24) is 5.32 Å². The fraction of sp³-hybridized carbons (Fsp3) is 0.278. The Balaban J connectivity index is 1.82. The van der Waals surface area contributed by atoms with Crippen LogP contribution in [0.15, 0.2) is 42.5 Å². The van der Waals surface area contributed by atoms with E-state index in [2.05, 4.69) is 33.2 Å². The Bertz CT molecular complexity index is 674. The summed E-state index contributed by atoms with van der Waals surface area (Å²) in [6.07, 6.45) is 0.711. The molecule has 0 aliphatic heterocycles. The summed E-state index contributed by atoms with van der Waals surface area (Å²) in [5, 5.41) is 5.65. The molecule has 128 valence electrons. The van der Waals surface area contributed by atoms with Crippen molar-refractivity contribution in [2.45, 2.75) is 13.3 Å². The average Bonchev–Trinajstić information content (AvgIpc) is 2.58. The zero-order valence-electron chi connectivity index (χ0n) is 13.8. The number of hydrogen-bond donors (Lipinski definition) is 2. The summed E-state index contributed by atoms with van der Waals surface area (Å²) in [4.78, 5) is 11.9. The Morgan fingerprint density at radius 2 is 1.88 bits per heavy atom. The third kappa shape index (κ3) is 5.59. The Morgan fingerprint density at radius 1 is 1.12 bits per heavy atom. The molecule has 0 spiro atoms. The van der Waals surface area contributed by atoms with E-state index < -0.39 is 0 Å². The molecular weight excluding hydrogens is 419 g/mol. The van der Waals surface area contributed by atoms with Crippen molar-refractivity contribution in [2.24, 2.45) is 0 Å². The highest BCUT2D eigenvalue weighted by Crippen LogP contribution is 2.28.